The Labute approximate surface area is 103 Å². The van der Waals surface area contributed by atoms with E-state index < -0.39 is 0 Å². The number of likely N-dealkylation sites (tertiary alicyclic amines) is 1. The van der Waals surface area contributed by atoms with Crippen molar-refractivity contribution in [2.75, 3.05) is 33.8 Å². The van der Waals surface area contributed by atoms with Gasteiger partial charge in [0.25, 0.3) is 0 Å². The van der Waals surface area contributed by atoms with E-state index >= 15 is 0 Å². The number of aliphatic hydroxyl groups is 1. The van der Waals surface area contributed by atoms with Gasteiger partial charge in [0.05, 0.1) is 6.61 Å². The van der Waals surface area contributed by atoms with Crippen LogP contribution in [0.2, 0.25) is 0 Å². The van der Waals surface area contributed by atoms with Crippen molar-refractivity contribution in [3.63, 3.8) is 0 Å². The molecule has 5 nitrogen and oxygen atoms in total. The summed E-state index contributed by atoms with van der Waals surface area (Å²) in [6.07, 6.45) is 4.14. The number of carbonyl (C=O) groups is 1. The first-order valence-corrected chi connectivity index (χ1v) is 6.41. The van der Waals surface area contributed by atoms with E-state index in [0.29, 0.717) is 6.04 Å². The first kappa shape index (κ1) is 12.6. The molecule has 0 spiro atoms. The molecule has 2 N–H and O–H groups in total. The van der Waals surface area contributed by atoms with E-state index in [1.807, 2.05) is 4.90 Å². The summed E-state index contributed by atoms with van der Waals surface area (Å²) >= 11 is 0. The van der Waals surface area contributed by atoms with E-state index in [2.05, 4.69) is 5.32 Å². The Bertz CT molecular complexity index is 281. The van der Waals surface area contributed by atoms with Crippen LogP contribution in [0.15, 0.2) is 0 Å². The molecule has 1 heterocycles. The van der Waals surface area contributed by atoms with Crippen LogP contribution < -0.4 is 5.32 Å². The molecular formula is C12H23N3O2. The molecule has 5 heteroatoms. The zero-order chi connectivity index (χ0) is 12.5. The number of nitrogens with zero attached hydrogens (tertiary/aromatic N) is 2. The van der Waals surface area contributed by atoms with Crippen LogP contribution in [0.5, 0.6) is 0 Å². The summed E-state index contributed by atoms with van der Waals surface area (Å²) in [6.45, 7) is 1.64. The third-order valence-corrected chi connectivity index (χ3v) is 3.76. The van der Waals surface area contributed by atoms with E-state index in [1.54, 1.807) is 19.0 Å². The monoisotopic (exact) mass is 241 g/mol. The fourth-order valence-electron chi connectivity index (χ4n) is 2.42. The lowest BCUT2D eigenvalue weighted by atomic mass is 9.88. The van der Waals surface area contributed by atoms with E-state index in [1.165, 1.54) is 12.8 Å². The van der Waals surface area contributed by atoms with Crippen LogP contribution in [0.1, 0.15) is 25.7 Å². The summed E-state index contributed by atoms with van der Waals surface area (Å²) in [5, 5.41) is 13.1. The van der Waals surface area contributed by atoms with Crippen molar-refractivity contribution in [2.45, 2.75) is 37.3 Å². The highest BCUT2D eigenvalue weighted by Crippen LogP contribution is 2.28. The van der Waals surface area contributed by atoms with Gasteiger partial charge in [0.15, 0.2) is 0 Å². The number of aliphatic hydroxyl groups excluding tert-OH is 1. The minimum absolute atomic E-state index is 0.0722. The van der Waals surface area contributed by atoms with Crippen molar-refractivity contribution in [1.82, 2.24) is 15.1 Å². The van der Waals surface area contributed by atoms with Crippen molar-refractivity contribution in [2.24, 2.45) is 0 Å². The number of hydrogen-bond donors (Lipinski definition) is 2. The predicted octanol–water partition coefficient (Wildman–Crippen LogP) is 0.247. The summed E-state index contributed by atoms with van der Waals surface area (Å²) < 4.78 is 0. The fourth-order valence-corrected chi connectivity index (χ4v) is 2.42. The molecule has 0 atom stereocenters. The molecule has 0 aromatic carbocycles. The van der Waals surface area contributed by atoms with Gasteiger partial charge < -0.3 is 20.2 Å². The van der Waals surface area contributed by atoms with Gasteiger partial charge in [0.1, 0.15) is 0 Å². The summed E-state index contributed by atoms with van der Waals surface area (Å²) in [5.74, 6) is 0. The van der Waals surface area contributed by atoms with Crippen LogP contribution in [0.4, 0.5) is 4.79 Å². The van der Waals surface area contributed by atoms with Crippen molar-refractivity contribution in [3.05, 3.63) is 0 Å². The molecule has 17 heavy (non-hydrogen) atoms. The van der Waals surface area contributed by atoms with Crippen molar-refractivity contribution < 1.29 is 9.90 Å². The third kappa shape index (κ3) is 2.90. The van der Waals surface area contributed by atoms with Gasteiger partial charge in [-0.05, 0) is 25.7 Å². The summed E-state index contributed by atoms with van der Waals surface area (Å²) in [5.41, 5.74) is -0.149. The van der Waals surface area contributed by atoms with Gasteiger partial charge in [-0.3, -0.25) is 0 Å². The molecule has 1 aliphatic carbocycles. The number of piperidine rings is 1. The van der Waals surface area contributed by atoms with Crippen molar-refractivity contribution in [3.8, 4) is 0 Å². The molecule has 98 valence electrons. The van der Waals surface area contributed by atoms with Crippen molar-refractivity contribution in [1.29, 1.82) is 0 Å². The maximum atomic E-state index is 11.8. The average molecular weight is 241 g/mol. The molecule has 0 bridgehead atoms. The highest BCUT2D eigenvalue weighted by molar-refractivity contribution is 5.73. The summed E-state index contributed by atoms with van der Waals surface area (Å²) in [6, 6.07) is 0.668. The molecule has 1 saturated carbocycles. The van der Waals surface area contributed by atoms with E-state index in [0.717, 1.165) is 25.9 Å². The molecule has 0 aromatic heterocycles. The zero-order valence-electron chi connectivity index (χ0n) is 10.8. The second-order valence-corrected chi connectivity index (χ2v) is 5.52. The van der Waals surface area contributed by atoms with Gasteiger partial charge in [0, 0.05) is 38.8 Å². The van der Waals surface area contributed by atoms with E-state index in [9.17, 15) is 9.90 Å². The summed E-state index contributed by atoms with van der Waals surface area (Å²) in [7, 11) is 3.55. The Morgan fingerprint density at radius 3 is 2.41 bits per heavy atom. The number of carbonyl (C=O) groups excluding carboxylic acids is 1. The second-order valence-electron chi connectivity index (χ2n) is 5.52. The normalized spacial score (nSPS) is 23.6. The maximum absolute atomic E-state index is 11.8. The molecule has 0 radical (unpaired) electrons. The molecule has 2 aliphatic rings. The zero-order valence-corrected chi connectivity index (χ0v) is 10.8. The molecule has 0 aromatic rings. The van der Waals surface area contributed by atoms with Crippen LogP contribution in [0, 0.1) is 0 Å². The van der Waals surface area contributed by atoms with Crippen LogP contribution in [-0.2, 0) is 0 Å². The molecule has 1 saturated heterocycles. The molecule has 2 fully saturated rings. The highest BCUT2D eigenvalue weighted by Gasteiger charge is 2.39. The second kappa shape index (κ2) is 4.82. The fraction of sp³-hybridized carbons (Fsp3) is 0.917. The highest BCUT2D eigenvalue weighted by atomic mass is 16.3. The summed E-state index contributed by atoms with van der Waals surface area (Å²) in [4.78, 5) is 15.3. The Morgan fingerprint density at radius 2 is 2.00 bits per heavy atom. The number of urea groups is 1. The average Bonchev–Trinajstić information content (AvgIpc) is 3.13. The molecule has 1 aliphatic heterocycles. The number of rotatable bonds is 3. The maximum Gasteiger partial charge on any atom is 0.319 e. The number of amides is 2. The van der Waals surface area contributed by atoms with Crippen LogP contribution in [0.3, 0.4) is 0 Å². The van der Waals surface area contributed by atoms with Gasteiger partial charge >= 0.3 is 6.03 Å². The molecule has 2 amide bonds. The quantitative estimate of drug-likeness (QED) is 0.744. The topological polar surface area (TPSA) is 55.8 Å². The van der Waals surface area contributed by atoms with Gasteiger partial charge in [-0.15, -0.1) is 0 Å². The Morgan fingerprint density at radius 1 is 1.41 bits per heavy atom. The van der Waals surface area contributed by atoms with Crippen LogP contribution in [-0.4, -0.2) is 66.3 Å². The van der Waals surface area contributed by atoms with Gasteiger partial charge in [0.2, 0.25) is 0 Å². The van der Waals surface area contributed by atoms with Crippen LogP contribution in [0.25, 0.3) is 0 Å². The molecular weight excluding hydrogens is 218 g/mol. The lowest BCUT2D eigenvalue weighted by Crippen LogP contribution is -2.58. The lowest BCUT2D eigenvalue weighted by molar-refractivity contribution is 0.0810. The van der Waals surface area contributed by atoms with Crippen molar-refractivity contribution >= 4 is 6.03 Å². The number of nitrogens with one attached hydrogen (secondary N) is 1. The minimum Gasteiger partial charge on any atom is -0.394 e. The first-order valence-electron chi connectivity index (χ1n) is 6.41. The van der Waals surface area contributed by atoms with E-state index in [-0.39, 0.29) is 18.2 Å². The van der Waals surface area contributed by atoms with Gasteiger partial charge in [-0.1, -0.05) is 0 Å². The minimum atomic E-state index is -0.149. The largest absolute Gasteiger partial charge is 0.394 e. The number of hydrogen-bond acceptors (Lipinski definition) is 3. The first-order chi connectivity index (χ1) is 8.06. The Hall–Kier alpha value is -0.810. The van der Waals surface area contributed by atoms with Crippen LogP contribution >= 0.6 is 0 Å². The SMILES string of the molecule is CN(C)C(=O)N1CCC(CO)(NC2CC2)CC1. The Balaban J connectivity index is 1.88. The molecule has 2 rings (SSSR count). The Kier molecular flexibility index (Phi) is 3.58. The van der Waals surface area contributed by atoms with E-state index in [4.69, 9.17) is 0 Å². The van der Waals surface area contributed by atoms with Gasteiger partial charge in [-0.25, -0.2) is 4.79 Å². The predicted molar refractivity (Wildman–Crippen MR) is 65.9 cm³/mol. The molecule has 0 unspecified atom stereocenters. The smallest absolute Gasteiger partial charge is 0.319 e. The standard InChI is InChI=1S/C12H23N3O2/c1-14(2)11(17)15-7-5-12(9-16,6-8-15)13-10-3-4-10/h10,13,16H,3-9H2,1-2H3. The lowest BCUT2D eigenvalue weighted by Gasteiger charge is -2.42. The van der Waals surface area contributed by atoms with Gasteiger partial charge in [-0.2, -0.15) is 0 Å². The third-order valence-electron chi connectivity index (χ3n) is 3.76.